The second-order valence-electron chi connectivity index (χ2n) is 4.09. The summed E-state index contributed by atoms with van der Waals surface area (Å²) in [5.41, 5.74) is 2.15. The Morgan fingerprint density at radius 2 is 2.28 bits per heavy atom. The first-order chi connectivity index (χ1) is 8.78. The molecule has 1 heterocycles. The van der Waals surface area contributed by atoms with Crippen molar-refractivity contribution in [2.24, 2.45) is 0 Å². The quantitative estimate of drug-likeness (QED) is 0.858. The lowest BCUT2D eigenvalue weighted by molar-refractivity contribution is 0.317. The molecule has 0 atom stereocenters. The minimum atomic E-state index is 0.752. The summed E-state index contributed by atoms with van der Waals surface area (Å²) in [4.78, 5) is 4.42. The van der Waals surface area contributed by atoms with Gasteiger partial charge in [0.1, 0.15) is 5.75 Å². The fourth-order valence-electron chi connectivity index (χ4n) is 1.60. The molecule has 0 saturated carbocycles. The van der Waals surface area contributed by atoms with Crippen LogP contribution in [-0.4, -0.2) is 11.6 Å². The third-order valence-corrected chi connectivity index (χ3v) is 3.27. The monoisotopic (exact) mass is 262 g/mol. The van der Waals surface area contributed by atoms with Gasteiger partial charge in [-0.1, -0.05) is 13.0 Å². The van der Waals surface area contributed by atoms with Crippen LogP contribution in [0.15, 0.2) is 29.6 Å². The predicted octanol–water partition coefficient (Wildman–Crippen LogP) is 3.85. The van der Waals surface area contributed by atoms with Crippen molar-refractivity contribution in [3.8, 4) is 5.75 Å². The molecule has 0 radical (unpaired) electrons. The Labute approximate surface area is 112 Å². The van der Waals surface area contributed by atoms with E-state index in [0.717, 1.165) is 41.7 Å². The molecule has 1 N–H and O–H groups in total. The highest BCUT2D eigenvalue weighted by Gasteiger charge is 1.99. The number of nitrogens with one attached hydrogen (secondary N) is 1. The van der Waals surface area contributed by atoms with Gasteiger partial charge < -0.3 is 10.1 Å². The smallest absolute Gasteiger partial charge is 0.121 e. The lowest BCUT2D eigenvalue weighted by Gasteiger charge is -2.08. The van der Waals surface area contributed by atoms with Gasteiger partial charge in [0.25, 0.3) is 0 Å². The number of rotatable bonds is 6. The van der Waals surface area contributed by atoms with E-state index in [1.165, 1.54) is 0 Å². The van der Waals surface area contributed by atoms with Gasteiger partial charge in [-0.25, -0.2) is 4.98 Å². The molecule has 0 fully saturated rings. The summed E-state index contributed by atoms with van der Waals surface area (Å²) in [7, 11) is 0. The zero-order chi connectivity index (χ0) is 12.8. The maximum absolute atomic E-state index is 5.60. The molecule has 0 unspecified atom stereocenters. The van der Waals surface area contributed by atoms with E-state index < -0.39 is 0 Å². The van der Waals surface area contributed by atoms with Gasteiger partial charge in [0, 0.05) is 17.1 Å². The van der Waals surface area contributed by atoms with E-state index >= 15 is 0 Å². The Morgan fingerprint density at radius 1 is 1.39 bits per heavy atom. The molecule has 3 nitrogen and oxygen atoms in total. The van der Waals surface area contributed by atoms with E-state index in [2.05, 4.69) is 22.6 Å². The minimum absolute atomic E-state index is 0.752. The standard InChI is InChI=1S/C14H18N2OS/c1-3-7-17-14-6-4-5-12(8-14)15-9-13-10-18-11(2)16-13/h4-6,8,10,15H,3,7,9H2,1-2H3. The van der Waals surface area contributed by atoms with Gasteiger partial charge in [0.05, 0.1) is 23.9 Å². The van der Waals surface area contributed by atoms with Crippen molar-refractivity contribution in [1.82, 2.24) is 4.98 Å². The molecule has 1 aromatic heterocycles. The number of aromatic nitrogens is 1. The molecule has 96 valence electrons. The summed E-state index contributed by atoms with van der Waals surface area (Å²) in [6, 6.07) is 8.04. The number of aryl methyl sites for hydroxylation is 1. The summed E-state index contributed by atoms with van der Waals surface area (Å²) in [6.45, 7) is 5.64. The fraction of sp³-hybridized carbons (Fsp3) is 0.357. The number of benzene rings is 1. The Kier molecular flexibility index (Phi) is 4.59. The molecule has 0 aliphatic rings. The van der Waals surface area contributed by atoms with Gasteiger partial charge >= 0.3 is 0 Å². The molecule has 1 aromatic carbocycles. The zero-order valence-electron chi connectivity index (χ0n) is 10.8. The van der Waals surface area contributed by atoms with Crippen LogP contribution in [0.4, 0.5) is 5.69 Å². The number of anilines is 1. The topological polar surface area (TPSA) is 34.1 Å². The van der Waals surface area contributed by atoms with Crippen LogP contribution in [0.5, 0.6) is 5.75 Å². The third kappa shape index (κ3) is 3.74. The van der Waals surface area contributed by atoms with Crippen LogP contribution in [0.1, 0.15) is 24.0 Å². The number of ether oxygens (including phenoxy) is 1. The first-order valence-corrected chi connectivity index (χ1v) is 7.03. The van der Waals surface area contributed by atoms with Crippen molar-refractivity contribution >= 4 is 17.0 Å². The maximum Gasteiger partial charge on any atom is 0.121 e. The summed E-state index contributed by atoms with van der Waals surface area (Å²) >= 11 is 1.68. The molecule has 0 bridgehead atoms. The van der Waals surface area contributed by atoms with Gasteiger partial charge in [-0.3, -0.25) is 0 Å². The van der Waals surface area contributed by atoms with Gasteiger partial charge in [-0.05, 0) is 25.5 Å². The molecular formula is C14H18N2OS. The van der Waals surface area contributed by atoms with Crippen molar-refractivity contribution in [2.45, 2.75) is 26.8 Å². The second-order valence-corrected chi connectivity index (χ2v) is 5.15. The third-order valence-electron chi connectivity index (χ3n) is 2.45. The average molecular weight is 262 g/mol. The first-order valence-electron chi connectivity index (χ1n) is 6.15. The van der Waals surface area contributed by atoms with Crippen molar-refractivity contribution in [2.75, 3.05) is 11.9 Å². The maximum atomic E-state index is 5.60. The van der Waals surface area contributed by atoms with Crippen molar-refractivity contribution in [3.63, 3.8) is 0 Å². The number of nitrogens with zero attached hydrogens (tertiary/aromatic N) is 1. The lowest BCUT2D eigenvalue weighted by atomic mass is 10.3. The molecular weight excluding hydrogens is 244 g/mol. The van der Waals surface area contributed by atoms with E-state index in [9.17, 15) is 0 Å². The molecule has 0 amide bonds. The second kappa shape index (κ2) is 6.40. The molecule has 0 aliphatic heterocycles. The summed E-state index contributed by atoms with van der Waals surface area (Å²) < 4.78 is 5.60. The molecule has 2 rings (SSSR count). The van der Waals surface area contributed by atoms with Crippen LogP contribution in [0.3, 0.4) is 0 Å². The first kappa shape index (κ1) is 12.9. The molecule has 4 heteroatoms. The molecule has 2 aromatic rings. The molecule has 0 aliphatic carbocycles. The Morgan fingerprint density at radius 3 is 3.00 bits per heavy atom. The molecule has 18 heavy (non-hydrogen) atoms. The summed E-state index contributed by atoms with van der Waals surface area (Å²) in [6.07, 6.45) is 1.02. The van der Waals surface area contributed by atoms with Crippen LogP contribution in [-0.2, 0) is 6.54 Å². The lowest BCUT2D eigenvalue weighted by Crippen LogP contribution is -2.00. The minimum Gasteiger partial charge on any atom is -0.494 e. The normalized spacial score (nSPS) is 10.3. The van der Waals surface area contributed by atoms with Crippen LogP contribution in [0.2, 0.25) is 0 Å². The summed E-state index contributed by atoms with van der Waals surface area (Å²) in [5.74, 6) is 0.913. The van der Waals surface area contributed by atoms with Crippen molar-refractivity contribution in [3.05, 3.63) is 40.3 Å². The average Bonchev–Trinajstić information content (AvgIpc) is 2.80. The molecule has 0 spiro atoms. The number of hydrogen-bond acceptors (Lipinski definition) is 4. The predicted molar refractivity (Wildman–Crippen MR) is 76.4 cm³/mol. The largest absolute Gasteiger partial charge is 0.494 e. The van der Waals surface area contributed by atoms with E-state index in [4.69, 9.17) is 4.74 Å². The van der Waals surface area contributed by atoms with E-state index in [1.807, 2.05) is 31.2 Å². The Balaban J connectivity index is 1.92. The molecule has 0 saturated heterocycles. The van der Waals surface area contributed by atoms with Gasteiger partial charge in [-0.2, -0.15) is 0 Å². The highest BCUT2D eigenvalue weighted by Crippen LogP contribution is 2.18. The van der Waals surface area contributed by atoms with Crippen molar-refractivity contribution < 1.29 is 4.74 Å². The highest BCUT2D eigenvalue weighted by atomic mass is 32.1. The SMILES string of the molecule is CCCOc1cccc(NCc2csc(C)n2)c1. The highest BCUT2D eigenvalue weighted by molar-refractivity contribution is 7.09. The number of thiazole rings is 1. The van der Waals surface area contributed by atoms with E-state index in [0.29, 0.717) is 0 Å². The Bertz CT molecular complexity index is 496. The number of hydrogen-bond donors (Lipinski definition) is 1. The van der Waals surface area contributed by atoms with Gasteiger partial charge in [0.2, 0.25) is 0 Å². The van der Waals surface area contributed by atoms with Crippen LogP contribution >= 0.6 is 11.3 Å². The van der Waals surface area contributed by atoms with Crippen molar-refractivity contribution in [1.29, 1.82) is 0 Å². The van der Waals surface area contributed by atoms with Crippen LogP contribution < -0.4 is 10.1 Å². The Hall–Kier alpha value is -1.55. The van der Waals surface area contributed by atoms with Gasteiger partial charge in [0.15, 0.2) is 0 Å². The van der Waals surface area contributed by atoms with E-state index in [1.54, 1.807) is 11.3 Å². The van der Waals surface area contributed by atoms with Crippen LogP contribution in [0.25, 0.3) is 0 Å². The van der Waals surface area contributed by atoms with Crippen LogP contribution in [0, 0.1) is 6.92 Å². The fourth-order valence-corrected chi connectivity index (χ4v) is 2.21. The van der Waals surface area contributed by atoms with Gasteiger partial charge in [-0.15, -0.1) is 11.3 Å². The summed E-state index contributed by atoms with van der Waals surface area (Å²) in [5, 5.41) is 6.54. The van der Waals surface area contributed by atoms with E-state index in [-0.39, 0.29) is 0 Å². The zero-order valence-corrected chi connectivity index (χ0v) is 11.6.